The van der Waals surface area contributed by atoms with Crippen molar-refractivity contribution in [3.05, 3.63) is 59.7 Å². The Labute approximate surface area is 173 Å². The summed E-state index contributed by atoms with van der Waals surface area (Å²) in [6.07, 6.45) is 0.710. The molecule has 2 aromatic rings. The molecule has 2 aromatic carbocycles. The van der Waals surface area contributed by atoms with Gasteiger partial charge in [-0.05, 0) is 42.7 Å². The van der Waals surface area contributed by atoms with Crippen molar-refractivity contribution < 1.29 is 19.2 Å². The molecule has 8 nitrogen and oxygen atoms in total. The van der Waals surface area contributed by atoms with Crippen LogP contribution in [0.15, 0.2) is 48.5 Å². The van der Waals surface area contributed by atoms with Gasteiger partial charge in [0.05, 0.1) is 0 Å². The molecule has 4 rings (SSSR count). The molecular formula is C22H22N4O4. The highest BCUT2D eigenvalue weighted by molar-refractivity contribution is 6.10. The number of Topliss-reactive ketones (excluding diaryl/α,β-unsaturated/α-hetero) is 1. The third-order valence-electron chi connectivity index (χ3n) is 5.66. The zero-order valence-corrected chi connectivity index (χ0v) is 16.5. The van der Waals surface area contributed by atoms with Crippen LogP contribution in [0, 0.1) is 6.92 Å². The Morgan fingerprint density at radius 1 is 1.07 bits per heavy atom. The van der Waals surface area contributed by atoms with Crippen LogP contribution in [0.2, 0.25) is 0 Å². The number of para-hydroxylation sites is 1. The average molecular weight is 406 g/mol. The van der Waals surface area contributed by atoms with E-state index in [1.165, 1.54) is 4.90 Å². The standard InChI is InChI=1S/C22H22N4O4/c1-14-4-2-3-5-18(14)24-20(29)23-16-8-6-15(7-9-16)13-26-21(30)25-19(28)22(26)11-10-17(27)12-22/h2-9H,10-13H2,1H3,(H2,23,24,29)(H,25,28,30). The molecule has 1 saturated heterocycles. The number of urea groups is 2. The molecule has 1 atom stereocenters. The van der Waals surface area contributed by atoms with Crippen LogP contribution in [0.25, 0.3) is 0 Å². The third-order valence-corrected chi connectivity index (χ3v) is 5.66. The van der Waals surface area contributed by atoms with Crippen molar-refractivity contribution in [2.45, 2.75) is 38.3 Å². The van der Waals surface area contributed by atoms with Gasteiger partial charge in [-0.15, -0.1) is 0 Å². The number of hydrogen-bond donors (Lipinski definition) is 3. The lowest BCUT2D eigenvalue weighted by Crippen LogP contribution is -2.47. The van der Waals surface area contributed by atoms with E-state index in [1.54, 1.807) is 24.3 Å². The molecule has 0 aromatic heterocycles. The monoisotopic (exact) mass is 406 g/mol. The van der Waals surface area contributed by atoms with Crippen molar-refractivity contribution in [1.29, 1.82) is 0 Å². The number of aryl methyl sites for hydroxylation is 1. The molecule has 2 aliphatic rings. The summed E-state index contributed by atoms with van der Waals surface area (Å²) in [5, 5.41) is 7.90. The first kappa shape index (κ1) is 19.6. The SMILES string of the molecule is Cc1ccccc1NC(=O)Nc1ccc(CN2C(=O)NC(=O)C23CCC(=O)C3)cc1. The normalized spacial score (nSPS) is 20.6. The minimum absolute atomic E-state index is 0.0101. The van der Waals surface area contributed by atoms with Gasteiger partial charge in [0.1, 0.15) is 11.3 Å². The van der Waals surface area contributed by atoms with Gasteiger partial charge in [-0.2, -0.15) is 0 Å². The lowest BCUT2D eigenvalue weighted by atomic mass is 9.95. The quantitative estimate of drug-likeness (QED) is 0.678. The number of carbonyl (C=O) groups is 4. The number of nitrogens with zero attached hydrogens (tertiary/aromatic N) is 1. The van der Waals surface area contributed by atoms with E-state index in [-0.39, 0.29) is 24.8 Å². The first-order chi connectivity index (χ1) is 14.4. The zero-order chi connectivity index (χ0) is 21.3. The molecule has 1 spiro atoms. The highest BCUT2D eigenvalue weighted by Gasteiger charge is 2.56. The molecule has 3 N–H and O–H groups in total. The number of rotatable bonds is 4. The summed E-state index contributed by atoms with van der Waals surface area (Å²) < 4.78 is 0. The summed E-state index contributed by atoms with van der Waals surface area (Å²) in [7, 11) is 0. The Morgan fingerprint density at radius 3 is 2.47 bits per heavy atom. The van der Waals surface area contributed by atoms with Gasteiger partial charge in [0, 0.05) is 30.8 Å². The summed E-state index contributed by atoms with van der Waals surface area (Å²) in [5.41, 5.74) is 2.01. The molecule has 1 aliphatic carbocycles. The third kappa shape index (κ3) is 3.63. The predicted molar refractivity (Wildman–Crippen MR) is 111 cm³/mol. The fourth-order valence-electron chi connectivity index (χ4n) is 3.97. The van der Waals surface area contributed by atoms with Crippen LogP contribution in [-0.4, -0.2) is 34.2 Å². The van der Waals surface area contributed by atoms with Crippen LogP contribution in [0.3, 0.4) is 0 Å². The van der Waals surface area contributed by atoms with Gasteiger partial charge in [0.25, 0.3) is 5.91 Å². The van der Waals surface area contributed by atoms with E-state index in [4.69, 9.17) is 0 Å². The predicted octanol–water partition coefficient (Wildman–Crippen LogP) is 3.18. The van der Waals surface area contributed by atoms with E-state index < -0.39 is 17.5 Å². The maximum atomic E-state index is 12.3. The van der Waals surface area contributed by atoms with E-state index in [2.05, 4.69) is 16.0 Å². The maximum absolute atomic E-state index is 12.3. The highest BCUT2D eigenvalue weighted by atomic mass is 16.2. The number of ketones is 1. The molecular weight excluding hydrogens is 384 g/mol. The second kappa shape index (κ2) is 7.62. The fourth-order valence-corrected chi connectivity index (χ4v) is 3.97. The Hall–Kier alpha value is -3.68. The van der Waals surface area contributed by atoms with E-state index in [9.17, 15) is 19.2 Å². The van der Waals surface area contributed by atoms with Crippen molar-refractivity contribution in [2.75, 3.05) is 10.6 Å². The van der Waals surface area contributed by atoms with Gasteiger partial charge in [-0.3, -0.25) is 14.9 Å². The van der Waals surface area contributed by atoms with Gasteiger partial charge < -0.3 is 15.5 Å². The van der Waals surface area contributed by atoms with Crippen molar-refractivity contribution >= 4 is 35.1 Å². The number of benzene rings is 2. The Morgan fingerprint density at radius 2 is 1.80 bits per heavy atom. The highest BCUT2D eigenvalue weighted by Crippen LogP contribution is 2.37. The molecule has 0 radical (unpaired) electrons. The van der Waals surface area contributed by atoms with Gasteiger partial charge in [0.2, 0.25) is 0 Å². The molecule has 1 unspecified atom stereocenters. The van der Waals surface area contributed by atoms with Crippen molar-refractivity contribution in [3.8, 4) is 0 Å². The van der Waals surface area contributed by atoms with E-state index in [0.29, 0.717) is 18.5 Å². The van der Waals surface area contributed by atoms with Gasteiger partial charge >= 0.3 is 12.1 Å². The van der Waals surface area contributed by atoms with E-state index in [1.807, 2.05) is 31.2 Å². The fraction of sp³-hybridized carbons (Fsp3) is 0.273. The number of amides is 5. The second-order valence-corrected chi connectivity index (χ2v) is 7.68. The molecule has 1 aliphatic heterocycles. The number of imide groups is 1. The summed E-state index contributed by atoms with van der Waals surface area (Å²) in [5.74, 6) is -0.409. The molecule has 30 heavy (non-hydrogen) atoms. The molecule has 1 saturated carbocycles. The number of carbonyl (C=O) groups excluding carboxylic acids is 4. The Bertz CT molecular complexity index is 1030. The summed E-state index contributed by atoms with van der Waals surface area (Å²) in [6.45, 7) is 2.12. The minimum Gasteiger partial charge on any atom is -0.308 e. The van der Waals surface area contributed by atoms with E-state index >= 15 is 0 Å². The molecule has 8 heteroatoms. The van der Waals surface area contributed by atoms with Crippen molar-refractivity contribution in [3.63, 3.8) is 0 Å². The van der Waals surface area contributed by atoms with Crippen LogP contribution in [-0.2, 0) is 16.1 Å². The molecule has 154 valence electrons. The van der Waals surface area contributed by atoms with Crippen molar-refractivity contribution in [2.24, 2.45) is 0 Å². The average Bonchev–Trinajstić information content (AvgIpc) is 3.20. The number of hydrogen-bond acceptors (Lipinski definition) is 4. The minimum atomic E-state index is -1.07. The first-order valence-corrected chi connectivity index (χ1v) is 9.75. The van der Waals surface area contributed by atoms with Crippen molar-refractivity contribution in [1.82, 2.24) is 10.2 Å². The van der Waals surface area contributed by atoms with Gasteiger partial charge in [-0.25, -0.2) is 9.59 Å². The zero-order valence-electron chi connectivity index (χ0n) is 16.5. The molecule has 5 amide bonds. The molecule has 2 fully saturated rings. The van der Waals surface area contributed by atoms with Crippen LogP contribution in [0.4, 0.5) is 21.0 Å². The molecule has 0 bridgehead atoms. The first-order valence-electron chi connectivity index (χ1n) is 9.75. The summed E-state index contributed by atoms with van der Waals surface area (Å²) in [4.78, 5) is 50.1. The lowest BCUT2D eigenvalue weighted by molar-refractivity contribution is -0.128. The van der Waals surface area contributed by atoms with Crippen LogP contribution >= 0.6 is 0 Å². The largest absolute Gasteiger partial charge is 0.325 e. The molecule has 1 heterocycles. The number of anilines is 2. The Kier molecular flexibility index (Phi) is 4.99. The number of nitrogens with one attached hydrogen (secondary N) is 3. The maximum Gasteiger partial charge on any atom is 0.325 e. The topological polar surface area (TPSA) is 108 Å². The smallest absolute Gasteiger partial charge is 0.308 e. The van der Waals surface area contributed by atoms with E-state index in [0.717, 1.165) is 16.8 Å². The van der Waals surface area contributed by atoms with Crippen LogP contribution in [0.5, 0.6) is 0 Å². The van der Waals surface area contributed by atoms with Gasteiger partial charge in [-0.1, -0.05) is 30.3 Å². The summed E-state index contributed by atoms with van der Waals surface area (Å²) >= 11 is 0. The second-order valence-electron chi connectivity index (χ2n) is 7.68. The Balaban J connectivity index is 1.42. The van der Waals surface area contributed by atoms with Gasteiger partial charge in [0.15, 0.2) is 0 Å². The van der Waals surface area contributed by atoms with Crippen LogP contribution < -0.4 is 16.0 Å². The lowest BCUT2D eigenvalue weighted by Gasteiger charge is -2.30. The summed E-state index contributed by atoms with van der Waals surface area (Å²) in [6, 6.07) is 13.7. The van der Waals surface area contributed by atoms with Crippen LogP contribution in [0.1, 0.15) is 30.4 Å².